The standard InChI is InChI=1S/C9H14O4S/c1-2-13-9(11)3-7(10)6-14-8-4-12-5-8/h8H,2-6H2,1H3. The van der Waals surface area contributed by atoms with Gasteiger partial charge in [0, 0.05) is 0 Å². The number of esters is 1. The number of Topliss-reactive ketones (excluding diaryl/α,β-unsaturated/α-hetero) is 1. The molecule has 14 heavy (non-hydrogen) atoms. The molecule has 0 saturated carbocycles. The van der Waals surface area contributed by atoms with Crippen LogP contribution in [0, 0.1) is 0 Å². The second-order valence-corrected chi connectivity index (χ2v) is 4.28. The van der Waals surface area contributed by atoms with E-state index in [1.807, 2.05) is 0 Å². The van der Waals surface area contributed by atoms with Gasteiger partial charge < -0.3 is 9.47 Å². The Balaban J connectivity index is 2.05. The van der Waals surface area contributed by atoms with Crippen molar-refractivity contribution in [2.45, 2.75) is 18.6 Å². The van der Waals surface area contributed by atoms with Gasteiger partial charge in [-0.05, 0) is 6.92 Å². The minimum Gasteiger partial charge on any atom is -0.466 e. The Morgan fingerprint density at radius 3 is 2.71 bits per heavy atom. The predicted molar refractivity (Wildman–Crippen MR) is 53.3 cm³/mol. The fourth-order valence-corrected chi connectivity index (χ4v) is 1.85. The van der Waals surface area contributed by atoms with E-state index in [0.29, 0.717) is 17.6 Å². The van der Waals surface area contributed by atoms with Crippen molar-refractivity contribution in [3.8, 4) is 0 Å². The molecule has 0 aromatic heterocycles. The highest BCUT2D eigenvalue weighted by Crippen LogP contribution is 2.19. The predicted octanol–water partition coefficient (Wildman–Crippen LogP) is 0.641. The van der Waals surface area contributed by atoms with Crippen LogP contribution in [-0.4, -0.2) is 42.6 Å². The molecular weight excluding hydrogens is 204 g/mol. The van der Waals surface area contributed by atoms with Gasteiger partial charge in [0.2, 0.25) is 0 Å². The zero-order chi connectivity index (χ0) is 10.4. The molecule has 1 saturated heterocycles. The van der Waals surface area contributed by atoms with Crippen molar-refractivity contribution in [1.29, 1.82) is 0 Å². The maximum absolute atomic E-state index is 11.2. The summed E-state index contributed by atoms with van der Waals surface area (Å²) in [6.45, 7) is 3.49. The molecular formula is C9H14O4S. The van der Waals surface area contributed by atoms with E-state index in [2.05, 4.69) is 4.74 Å². The van der Waals surface area contributed by atoms with Gasteiger partial charge in [-0.2, -0.15) is 0 Å². The Kier molecular flexibility index (Phi) is 4.97. The minimum atomic E-state index is -0.428. The first-order chi connectivity index (χ1) is 6.72. The number of ether oxygens (including phenoxy) is 2. The topological polar surface area (TPSA) is 52.6 Å². The second kappa shape index (κ2) is 6.03. The lowest BCUT2D eigenvalue weighted by Gasteiger charge is -2.24. The largest absolute Gasteiger partial charge is 0.466 e. The normalized spacial score (nSPS) is 16.1. The molecule has 0 spiro atoms. The lowest BCUT2D eigenvalue weighted by Crippen LogP contribution is -2.31. The van der Waals surface area contributed by atoms with Crippen LogP contribution in [0.25, 0.3) is 0 Å². The summed E-state index contributed by atoms with van der Waals surface area (Å²) in [6.07, 6.45) is -0.103. The number of rotatable bonds is 6. The van der Waals surface area contributed by atoms with Gasteiger partial charge in [0.15, 0.2) is 5.78 Å². The van der Waals surface area contributed by atoms with Gasteiger partial charge in [0.1, 0.15) is 6.42 Å². The van der Waals surface area contributed by atoms with Gasteiger partial charge in [-0.25, -0.2) is 0 Å². The van der Waals surface area contributed by atoms with Crippen molar-refractivity contribution in [2.75, 3.05) is 25.6 Å². The molecule has 0 aliphatic carbocycles. The molecule has 0 unspecified atom stereocenters. The fraction of sp³-hybridized carbons (Fsp3) is 0.778. The molecule has 5 heteroatoms. The zero-order valence-electron chi connectivity index (χ0n) is 8.15. The van der Waals surface area contributed by atoms with Crippen LogP contribution in [0.15, 0.2) is 0 Å². The van der Waals surface area contributed by atoms with Crippen LogP contribution in [0.2, 0.25) is 0 Å². The Labute approximate surface area is 87.3 Å². The molecule has 1 aliphatic heterocycles. The van der Waals surface area contributed by atoms with Crippen molar-refractivity contribution < 1.29 is 19.1 Å². The third-order valence-corrected chi connectivity index (χ3v) is 2.97. The average molecular weight is 218 g/mol. The maximum atomic E-state index is 11.2. The molecule has 4 nitrogen and oxygen atoms in total. The molecule has 1 aliphatic rings. The molecule has 1 fully saturated rings. The summed E-state index contributed by atoms with van der Waals surface area (Å²) in [5.41, 5.74) is 0. The van der Waals surface area contributed by atoms with Crippen molar-refractivity contribution in [3.63, 3.8) is 0 Å². The molecule has 0 aromatic carbocycles. The lowest BCUT2D eigenvalue weighted by atomic mass is 10.3. The summed E-state index contributed by atoms with van der Waals surface area (Å²) < 4.78 is 9.63. The molecule has 0 amide bonds. The summed E-state index contributed by atoms with van der Waals surface area (Å²) in [4.78, 5) is 22.1. The van der Waals surface area contributed by atoms with Crippen molar-refractivity contribution in [1.82, 2.24) is 0 Å². The third kappa shape index (κ3) is 4.11. The quantitative estimate of drug-likeness (QED) is 0.484. The number of carbonyl (C=O) groups excluding carboxylic acids is 2. The smallest absolute Gasteiger partial charge is 0.313 e. The Hall–Kier alpha value is -0.550. The van der Waals surface area contributed by atoms with Crippen molar-refractivity contribution in [2.24, 2.45) is 0 Å². The molecule has 0 radical (unpaired) electrons. The molecule has 0 bridgehead atoms. The Morgan fingerprint density at radius 2 is 2.21 bits per heavy atom. The minimum absolute atomic E-state index is 0.0691. The van der Waals surface area contributed by atoms with E-state index < -0.39 is 5.97 Å². The fourth-order valence-electron chi connectivity index (χ4n) is 0.945. The van der Waals surface area contributed by atoms with Gasteiger partial charge in [0.05, 0.1) is 30.8 Å². The van der Waals surface area contributed by atoms with Gasteiger partial charge in [-0.1, -0.05) is 0 Å². The maximum Gasteiger partial charge on any atom is 0.313 e. The first-order valence-corrected chi connectivity index (χ1v) is 5.64. The van der Waals surface area contributed by atoms with E-state index in [4.69, 9.17) is 4.74 Å². The molecule has 1 rings (SSSR count). The summed E-state index contributed by atoms with van der Waals surface area (Å²) >= 11 is 1.55. The van der Waals surface area contributed by atoms with Crippen LogP contribution < -0.4 is 0 Å². The lowest BCUT2D eigenvalue weighted by molar-refractivity contribution is -0.145. The number of ketones is 1. The van der Waals surface area contributed by atoms with Crippen LogP contribution in [0.1, 0.15) is 13.3 Å². The summed E-state index contributed by atoms with van der Waals surface area (Å²) in [7, 11) is 0. The highest BCUT2D eigenvalue weighted by Gasteiger charge is 2.20. The van der Waals surface area contributed by atoms with Crippen LogP contribution in [0.3, 0.4) is 0 Å². The molecule has 1 heterocycles. The second-order valence-electron chi connectivity index (χ2n) is 2.99. The van der Waals surface area contributed by atoms with E-state index in [9.17, 15) is 9.59 Å². The van der Waals surface area contributed by atoms with Gasteiger partial charge >= 0.3 is 5.97 Å². The summed E-state index contributed by atoms with van der Waals surface area (Å²) in [5, 5.41) is 0.432. The Morgan fingerprint density at radius 1 is 1.50 bits per heavy atom. The number of carbonyl (C=O) groups is 2. The molecule has 0 atom stereocenters. The van der Waals surface area contributed by atoms with Gasteiger partial charge in [-0.15, -0.1) is 11.8 Å². The van der Waals surface area contributed by atoms with E-state index in [1.165, 1.54) is 0 Å². The highest BCUT2D eigenvalue weighted by atomic mass is 32.2. The molecule has 0 aromatic rings. The van der Waals surface area contributed by atoms with Crippen LogP contribution in [-0.2, 0) is 19.1 Å². The monoisotopic (exact) mass is 218 g/mol. The highest BCUT2D eigenvalue weighted by molar-refractivity contribution is 8.00. The summed E-state index contributed by atoms with van der Waals surface area (Å²) in [5.74, 6) is -0.115. The molecule has 0 N–H and O–H groups in total. The van der Waals surface area contributed by atoms with Crippen LogP contribution in [0.5, 0.6) is 0 Å². The van der Waals surface area contributed by atoms with Gasteiger partial charge in [-0.3, -0.25) is 9.59 Å². The SMILES string of the molecule is CCOC(=O)CC(=O)CSC1COC1. The molecule has 80 valence electrons. The van der Waals surface area contributed by atoms with Crippen molar-refractivity contribution >= 4 is 23.5 Å². The number of hydrogen-bond acceptors (Lipinski definition) is 5. The van der Waals surface area contributed by atoms with Crippen LogP contribution in [0.4, 0.5) is 0 Å². The average Bonchev–Trinajstić information content (AvgIpc) is 2.01. The summed E-state index contributed by atoms with van der Waals surface area (Å²) in [6, 6.07) is 0. The number of thioether (sulfide) groups is 1. The third-order valence-electron chi connectivity index (χ3n) is 1.73. The van der Waals surface area contributed by atoms with E-state index >= 15 is 0 Å². The number of hydrogen-bond donors (Lipinski definition) is 0. The Bertz CT molecular complexity index is 213. The van der Waals surface area contributed by atoms with E-state index in [0.717, 1.165) is 13.2 Å². The zero-order valence-corrected chi connectivity index (χ0v) is 8.97. The van der Waals surface area contributed by atoms with E-state index in [1.54, 1.807) is 18.7 Å². The first-order valence-electron chi connectivity index (χ1n) is 4.59. The van der Waals surface area contributed by atoms with Crippen molar-refractivity contribution in [3.05, 3.63) is 0 Å². The first kappa shape index (κ1) is 11.5. The van der Waals surface area contributed by atoms with Crippen LogP contribution >= 0.6 is 11.8 Å². The van der Waals surface area contributed by atoms with E-state index in [-0.39, 0.29) is 12.2 Å². The van der Waals surface area contributed by atoms with Gasteiger partial charge in [0.25, 0.3) is 0 Å².